The van der Waals surface area contributed by atoms with Crippen molar-refractivity contribution in [3.05, 3.63) is 58.6 Å². The summed E-state index contributed by atoms with van der Waals surface area (Å²) in [5, 5.41) is 2.82. The molecule has 8 heteroatoms. The highest BCUT2D eigenvalue weighted by Crippen LogP contribution is 2.22. The van der Waals surface area contributed by atoms with Crippen molar-refractivity contribution in [2.45, 2.75) is 13.0 Å². The van der Waals surface area contributed by atoms with Gasteiger partial charge in [0.15, 0.2) is 0 Å². The minimum absolute atomic E-state index is 0.266. The van der Waals surface area contributed by atoms with E-state index in [1.807, 2.05) is 31.2 Å². The fourth-order valence-corrected chi connectivity index (χ4v) is 3.66. The molecular weight excluding hydrogens is 420 g/mol. The van der Waals surface area contributed by atoms with Crippen molar-refractivity contribution < 1.29 is 17.9 Å². The normalized spacial score (nSPS) is 12.3. The number of nitrogens with zero attached hydrogens (tertiary/aromatic N) is 1. The number of rotatable bonds is 7. The quantitative estimate of drug-likeness (QED) is 0.717. The highest BCUT2D eigenvalue weighted by Gasteiger charge is 2.22. The minimum Gasteiger partial charge on any atom is -0.497 e. The Labute approximate surface area is 162 Å². The largest absolute Gasteiger partial charge is 0.497 e. The monoisotopic (exact) mass is 440 g/mol. The van der Waals surface area contributed by atoms with Gasteiger partial charge in [-0.3, -0.25) is 9.10 Å². The van der Waals surface area contributed by atoms with Crippen LogP contribution in [0.15, 0.2) is 53.0 Å². The molecule has 140 valence electrons. The molecule has 0 aliphatic heterocycles. The van der Waals surface area contributed by atoms with E-state index < -0.39 is 15.9 Å². The molecule has 1 N–H and O–H groups in total. The second-order valence-corrected chi connectivity index (χ2v) is 8.63. The smallest absolute Gasteiger partial charge is 0.241 e. The summed E-state index contributed by atoms with van der Waals surface area (Å²) in [6, 6.07) is 13.9. The number of hydrogen-bond acceptors (Lipinski definition) is 4. The Morgan fingerprint density at radius 3 is 2.42 bits per heavy atom. The van der Waals surface area contributed by atoms with Gasteiger partial charge < -0.3 is 10.1 Å². The van der Waals surface area contributed by atoms with Gasteiger partial charge in [-0.1, -0.05) is 34.1 Å². The van der Waals surface area contributed by atoms with Crippen LogP contribution in [-0.2, 0) is 14.8 Å². The molecule has 26 heavy (non-hydrogen) atoms. The molecule has 1 atom stereocenters. The molecule has 0 saturated heterocycles. The lowest BCUT2D eigenvalue weighted by Gasteiger charge is -2.23. The van der Waals surface area contributed by atoms with Gasteiger partial charge in [0.05, 0.1) is 25.1 Å². The fraction of sp³-hybridized carbons (Fsp3) is 0.278. The SMILES string of the molecule is COc1ccc([C@@H](C)NC(=O)CN(c2cccc(Br)c2)S(C)(=O)=O)cc1. The zero-order valence-corrected chi connectivity index (χ0v) is 17.2. The first kappa shape index (κ1) is 20.3. The van der Waals surface area contributed by atoms with Crippen molar-refractivity contribution in [2.24, 2.45) is 0 Å². The maximum Gasteiger partial charge on any atom is 0.241 e. The number of anilines is 1. The number of benzene rings is 2. The molecular formula is C18H21BrN2O4S. The Morgan fingerprint density at radius 1 is 1.23 bits per heavy atom. The lowest BCUT2D eigenvalue weighted by atomic mass is 10.1. The number of nitrogens with one attached hydrogen (secondary N) is 1. The van der Waals surface area contributed by atoms with Crippen molar-refractivity contribution >= 4 is 37.5 Å². The van der Waals surface area contributed by atoms with Gasteiger partial charge in [-0.2, -0.15) is 0 Å². The third-order valence-corrected chi connectivity index (χ3v) is 5.41. The van der Waals surface area contributed by atoms with E-state index in [0.29, 0.717) is 5.69 Å². The Balaban J connectivity index is 2.11. The second-order valence-electron chi connectivity index (χ2n) is 5.81. The molecule has 0 aromatic heterocycles. The van der Waals surface area contributed by atoms with Crippen molar-refractivity contribution in [1.82, 2.24) is 5.32 Å². The van der Waals surface area contributed by atoms with E-state index in [2.05, 4.69) is 21.2 Å². The molecule has 0 aliphatic carbocycles. The van der Waals surface area contributed by atoms with Crippen LogP contribution >= 0.6 is 15.9 Å². The standard InChI is InChI=1S/C18H21BrN2O4S/c1-13(14-7-9-17(25-2)10-8-14)20-18(22)12-21(26(3,23)24)16-6-4-5-15(19)11-16/h4-11,13H,12H2,1-3H3,(H,20,22)/t13-/m1/s1. The number of amides is 1. The Bertz CT molecular complexity index is 869. The van der Waals surface area contributed by atoms with Gasteiger partial charge in [0.1, 0.15) is 12.3 Å². The van der Waals surface area contributed by atoms with E-state index in [1.54, 1.807) is 31.4 Å². The van der Waals surface area contributed by atoms with Gasteiger partial charge in [0.2, 0.25) is 15.9 Å². The Morgan fingerprint density at radius 2 is 1.88 bits per heavy atom. The number of methoxy groups -OCH3 is 1. The first-order valence-corrected chi connectivity index (χ1v) is 10.5. The maximum absolute atomic E-state index is 12.4. The summed E-state index contributed by atoms with van der Waals surface area (Å²) in [5.74, 6) is 0.337. The summed E-state index contributed by atoms with van der Waals surface area (Å²) in [6.45, 7) is 1.54. The third kappa shape index (κ3) is 5.47. The van der Waals surface area contributed by atoms with Gasteiger partial charge in [-0.05, 0) is 42.8 Å². The number of sulfonamides is 1. The predicted molar refractivity (Wildman–Crippen MR) is 106 cm³/mol. The maximum atomic E-state index is 12.4. The molecule has 2 aromatic carbocycles. The topological polar surface area (TPSA) is 75.7 Å². The van der Waals surface area contributed by atoms with E-state index in [9.17, 15) is 13.2 Å². The van der Waals surface area contributed by atoms with Gasteiger partial charge >= 0.3 is 0 Å². The molecule has 2 aromatic rings. The van der Waals surface area contributed by atoms with E-state index in [0.717, 1.165) is 26.3 Å². The Hall–Kier alpha value is -2.06. The van der Waals surface area contributed by atoms with Crippen molar-refractivity contribution in [3.8, 4) is 5.75 Å². The van der Waals surface area contributed by atoms with Gasteiger partial charge in [0.25, 0.3) is 0 Å². The average molecular weight is 441 g/mol. The molecule has 0 fully saturated rings. The van der Waals surface area contributed by atoms with E-state index in [4.69, 9.17) is 4.74 Å². The molecule has 0 unspecified atom stereocenters. The van der Waals surface area contributed by atoms with Crippen LogP contribution in [0.3, 0.4) is 0 Å². The van der Waals surface area contributed by atoms with Crippen LogP contribution in [0, 0.1) is 0 Å². The number of hydrogen-bond donors (Lipinski definition) is 1. The fourth-order valence-electron chi connectivity index (χ4n) is 2.42. The number of ether oxygens (including phenoxy) is 1. The van der Waals surface area contributed by atoms with Crippen LogP contribution in [-0.4, -0.2) is 34.2 Å². The molecule has 0 aliphatic rings. The summed E-state index contributed by atoms with van der Waals surface area (Å²) in [6.07, 6.45) is 1.08. The van der Waals surface area contributed by atoms with Crippen LogP contribution < -0.4 is 14.4 Å². The average Bonchev–Trinajstić information content (AvgIpc) is 2.58. The minimum atomic E-state index is -3.60. The van der Waals surface area contributed by atoms with E-state index in [1.165, 1.54) is 0 Å². The first-order valence-electron chi connectivity index (χ1n) is 7.87. The molecule has 6 nitrogen and oxygen atoms in total. The van der Waals surface area contributed by atoms with E-state index in [-0.39, 0.29) is 12.6 Å². The lowest BCUT2D eigenvalue weighted by molar-refractivity contribution is -0.120. The summed E-state index contributed by atoms with van der Waals surface area (Å²) in [4.78, 5) is 12.4. The van der Waals surface area contributed by atoms with Crippen molar-refractivity contribution in [2.75, 3.05) is 24.2 Å². The van der Waals surface area contributed by atoms with Crippen molar-refractivity contribution in [1.29, 1.82) is 0 Å². The highest BCUT2D eigenvalue weighted by molar-refractivity contribution is 9.10. The zero-order valence-electron chi connectivity index (χ0n) is 14.8. The molecule has 0 saturated carbocycles. The first-order chi connectivity index (χ1) is 12.2. The Kier molecular flexibility index (Phi) is 6.66. The lowest BCUT2D eigenvalue weighted by Crippen LogP contribution is -2.41. The molecule has 1 amide bonds. The molecule has 2 rings (SSSR count). The van der Waals surface area contributed by atoms with Crippen LogP contribution in [0.2, 0.25) is 0 Å². The number of carbonyl (C=O) groups is 1. The predicted octanol–water partition coefficient (Wildman–Crippen LogP) is 3.10. The zero-order chi connectivity index (χ0) is 19.3. The molecule has 0 heterocycles. The van der Waals surface area contributed by atoms with Crippen LogP contribution in [0.5, 0.6) is 5.75 Å². The van der Waals surface area contributed by atoms with Gasteiger partial charge in [-0.15, -0.1) is 0 Å². The summed E-state index contributed by atoms with van der Waals surface area (Å²) < 4.78 is 31.2. The molecule has 0 spiro atoms. The summed E-state index contributed by atoms with van der Waals surface area (Å²) >= 11 is 3.31. The number of carbonyl (C=O) groups excluding carboxylic acids is 1. The van der Waals surface area contributed by atoms with Crippen LogP contribution in [0.4, 0.5) is 5.69 Å². The molecule has 0 bridgehead atoms. The third-order valence-electron chi connectivity index (χ3n) is 3.78. The van der Waals surface area contributed by atoms with Crippen molar-refractivity contribution in [3.63, 3.8) is 0 Å². The highest BCUT2D eigenvalue weighted by atomic mass is 79.9. The molecule has 0 radical (unpaired) electrons. The number of halogens is 1. The van der Waals surface area contributed by atoms with E-state index >= 15 is 0 Å². The van der Waals surface area contributed by atoms with Gasteiger partial charge in [-0.25, -0.2) is 8.42 Å². The summed E-state index contributed by atoms with van der Waals surface area (Å²) in [5.41, 5.74) is 1.32. The van der Waals surface area contributed by atoms with Crippen LogP contribution in [0.25, 0.3) is 0 Å². The second kappa shape index (κ2) is 8.55. The van der Waals surface area contributed by atoms with Crippen LogP contribution in [0.1, 0.15) is 18.5 Å². The summed E-state index contributed by atoms with van der Waals surface area (Å²) in [7, 11) is -2.02. The van der Waals surface area contributed by atoms with Gasteiger partial charge in [0, 0.05) is 4.47 Å².